The van der Waals surface area contributed by atoms with Gasteiger partial charge in [-0.25, -0.2) is 9.37 Å². The predicted molar refractivity (Wildman–Crippen MR) is 146 cm³/mol. The number of hydrogen-bond donors (Lipinski definition) is 4. The Hall–Kier alpha value is -4.19. The van der Waals surface area contributed by atoms with Gasteiger partial charge < -0.3 is 20.4 Å². The van der Waals surface area contributed by atoms with Crippen molar-refractivity contribution in [3.8, 4) is 5.75 Å². The third-order valence-corrected chi connectivity index (χ3v) is 6.45. The van der Waals surface area contributed by atoms with Gasteiger partial charge in [-0.3, -0.25) is 4.55 Å². The van der Waals surface area contributed by atoms with Crippen LogP contribution in [0, 0.1) is 12.7 Å². The molecule has 0 radical (unpaired) electrons. The van der Waals surface area contributed by atoms with Gasteiger partial charge in [0.15, 0.2) is 11.6 Å². The van der Waals surface area contributed by atoms with Gasteiger partial charge in [-0.15, -0.1) is 0 Å². The van der Waals surface area contributed by atoms with Crippen molar-refractivity contribution in [3.63, 3.8) is 0 Å². The van der Waals surface area contributed by atoms with E-state index < -0.39 is 15.9 Å². The fourth-order valence-corrected chi connectivity index (χ4v) is 4.10. The molecule has 2 aromatic heterocycles. The SMILES string of the molecule is COc1ccc(Nc2nc(Nc3ccc4cc[nH]c4c3)ncc2F)cc1Cl.Cc1ccc(S(=O)(=O)O)cc1. The first-order valence-electron chi connectivity index (χ1n) is 11.1. The van der Waals surface area contributed by atoms with Crippen LogP contribution in [-0.2, 0) is 10.1 Å². The molecule has 0 atom stereocenters. The molecule has 5 rings (SSSR count). The average molecular weight is 556 g/mol. The quantitative estimate of drug-likeness (QED) is 0.175. The topological polar surface area (TPSA) is 129 Å². The summed E-state index contributed by atoms with van der Waals surface area (Å²) in [6.07, 6.45) is 2.97. The maximum Gasteiger partial charge on any atom is 0.294 e. The second kappa shape index (κ2) is 11.5. The number of aromatic amines is 1. The Labute approximate surface area is 223 Å². The zero-order valence-corrected chi connectivity index (χ0v) is 21.8. The monoisotopic (exact) mass is 555 g/mol. The average Bonchev–Trinajstić information content (AvgIpc) is 3.34. The number of hydrogen-bond acceptors (Lipinski definition) is 7. The van der Waals surface area contributed by atoms with E-state index in [1.807, 2.05) is 37.4 Å². The molecule has 0 unspecified atom stereocenters. The van der Waals surface area contributed by atoms with Gasteiger partial charge in [-0.05, 0) is 60.8 Å². The van der Waals surface area contributed by atoms with Crippen molar-refractivity contribution in [2.24, 2.45) is 0 Å². The summed E-state index contributed by atoms with van der Waals surface area (Å²) >= 11 is 6.11. The molecular weight excluding hydrogens is 533 g/mol. The second-order valence-corrected chi connectivity index (χ2v) is 9.89. The first kappa shape index (κ1) is 26.9. The molecule has 0 spiro atoms. The fourth-order valence-electron chi connectivity index (χ4n) is 3.36. The molecule has 0 aliphatic rings. The number of aromatic nitrogens is 3. The maximum atomic E-state index is 14.1. The highest BCUT2D eigenvalue weighted by Gasteiger charge is 2.10. The molecule has 0 amide bonds. The lowest BCUT2D eigenvalue weighted by Gasteiger charge is -2.11. The number of anilines is 4. The van der Waals surface area contributed by atoms with Gasteiger partial charge in [0.05, 0.1) is 23.2 Å². The summed E-state index contributed by atoms with van der Waals surface area (Å²) in [6, 6.07) is 18.8. The van der Waals surface area contributed by atoms with E-state index in [0.717, 1.165) is 28.4 Å². The van der Waals surface area contributed by atoms with Crippen LogP contribution in [0.1, 0.15) is 5.56 Å². The van der Waals surface area contributed by atoms with Crippen molar-refractivity contribution in [1.29, 1.82) is 0 Å². The van der Waals surface area contributed by atoms with Crippen LogP contribution in [0.25, 0.3) is 10.9 Å². The maximum absolute atomic E-state index is 14.1. The molecule has 0 bridgehead atoms. The van der Waals surface area contributed by atoms with E-state index in [1.54, 1.807) is 30.3 Å². The molecule has 196 valence electrons. The number of nitrogens with one attached hydrogen (secondary N) is 3. The van der Waals surface area contributed by atoms with Crippen LogP contribution in [-0.4, -0.2) is 35.0 Å². The summed E-state index contributed by atoms with van der Waals surface area (Å²) in [4.78, 5) is 11.3. The molecule has 0 saturated heterocycles. The third kappa shape index (κ3) is 6.76. The van der Waals surface area contributed by atoms with Gasteiger partial charge in [0.2, 0.25) is 5.95 Å². The van der Waals surface area contributed by atoms with E-state index in [4.69, 9.17) is 20.9 Å². The Morgan fingerprint density at radius 3 is 2.39 bits per heavy atom. The summed E-state index contributed by atoms with van der Waals surface area (Å²) in [5.41, 5.74) is 3.30. The van der Waals surface area contributed by atoms with E-state index in [0.29, 0.717) is 16.5 Å². The van der Waals surface area contributed by atoms with Crippen molar-refractivity contribution in [2.75, 3.05) is 17.7 Å². The molecule has 38 heavy (non-hydrogen) atoms. The Morgan fingerprint density at radius 2 is 1.71 bits per heavy atom. The van der Waals surface area contributed by atoms with Gasteiger partial charge in [-0.2, -0.15) is 13.4 Å². The Bertz CT molecular complexity index is 1680. The summed E-state index contributed by atoms with van der Waals surface area (Å²) in [5, 5.41) is 7.49. The number of nitrogens with zero attached hydrogens (tertiary/aromatic N) is 2. The minimum absolute atomic E-state index is 0.0367. The summed E-state index contributed by atoms with van der Waals surface area (Å²) in [7, 11) is -2.49. The molecule has 3 aromatic carbocycles. The molecular formula is C26H23ClFN5O4S. The smallest absolute Gasteiger partial charge is 0.294 e. The van der Waals surface area contributed by atoms with Gasteiger partial charge in [0.25, 0.3) is 10.1 Å². The zero-order chi connectivity index (χ0) is 27.3. The van der Waals surface area contributed by atoms with E-state index in [1.165, 1.54) is 19.2 Å². The molecule has 9 nitrogen and oxygen atoms in total. The van der Waals surface area contributed by atoms with Crippen LogP contribution in [0.2, 0.25) is 5.02 Å². The minimum atomic E-state index is -4.02. The van der Waals surface area contributed by atoms with Crippen molar-refractivity contribution < 1.29 is 22.1 Å². The molecule has 0 fully saturated rings. The van der Waals surface area contributed by atoms with E-state index >= 15 is 0 Å². The highest BCUT2D eigenvalue weighted by atomic mass is 35.5. The lowest BCUT2D eigenvalue weighted by molar-refractivity contribution is 0.415. The normalized spacial score (nSPS) is 11.0. The zero-order valence-electron chi connectivity index (χ0n) is 20.2. The van der Waals surface area contributed by atoms with Crippen LogP contribution in [0.3, 0.4) is 0 Å². The van der Waals surface area contributed by atoms with Gasteiger partial charge in [0.1, 0.15) is 5.75 Å². The molecule has 0 saturated carbocycles. The number of aryl methyl sites for hydroxylation is 1. The standard InChI is InChI=1S/C19H15ClFN5O.C7H8O3S/c1-27-17-5-4-12(8-14(17)20)24-18-15(21)10-23-19(26-18)25-13-3-2-11-6-7-22-16(11)9-13;1-6-2-4-7(5-3-6)11(8,9)10/h2-10,22H,1H3,(H2,23,24,25,26);2-5H,1H3,(H,8,9,10). The first-order chi connectivity index (χ1) is 18.1. The largest absolute Gasteiger partial charge is 0.495 e. The van der Waals surface area contributed by atoms with Gasteiger partial charge in [-0.1, -0.05) is 35.4 Å². The summed E-state index contributed by atoms with van der Waals surface area (Å²) in [6.45, 7) is 1.84. The van der Waals surface area contributed by atoms with E-state index in [9.17, 15) is 12.8 Å². The molecule has 4 N–H and O–H groups in total. The highest BCUT2D eigenvalue weighted by Crippen LogP contribution is 2.29. The molecule has 0 aliphatic heterocycles. The number of H-pyrrole nitrogens is 1. The number of fused-ring (bicyclic) bond motifs is 1. The van der Waals surface area contributed by atoms with Crippen LogP contribution in [0.15, 0.2) is 84.0 Å². The fraction of sp³-hybridized carbons (Fsp3) is 0.0769. The predicted octanol–water partition coefficient (Wildman–Crippen LogP) is 6.49. The van der Waals surface area contributed by atoms with Gasteiger partial charge >= 0.3 is 0 Å². The molecule has 12 heteroatoms. The summed E-state index contributed by atoms with van der Waals surface area (Å²) in [5.74, 6) is 0.263. The Balaban J connectivity index is 0.000000257. The third-order valence-electron chi connectivity index (χ3n) is 5.29. The molecule has 5 aromatic rings. The Kier molecular flexibility index (Phi) is 8.10. The van der Waals surface area contributed by atoms with Crippen LogP contribution >= 0.6 is 11.6 Å². The summed E-state index contributed by atoms with van der Waals surface area (Å²) < 4.78 is 48.8. The lowest BCUT2D eigenvalue weighted by atomic mass is 10.2. The minimum Gasteiger partial charge on any atom is -0.495 e. The number of ether oxygens (including phenoxy) is 1. The van der Waals surface area contributed by atoms with E-state index in [-0.39, 0.29) is 16.7 Å². The highest BCUT2D eigenvalue weighted by molar-refractivity contribution is 7.85. The number of halogens is 2. The number of benzene rings is 3. The number of rotatable bonds is 6. The van der Waals surface area contributed by atoms with Crippen LogP contribution in [0.5, 0.6) is 5.75 Å². The van der Waals surface area contributed by atoms with Gasteiger partial charge in [0, 0.05) is 23.1 Å². The first-order valence-corrected chi connectivity index (χ1v) is 13.0. The number of methoxy groups -OCH3 is 1. The van der Waals surface area contributed by atoms with Crippen molar-refractivity contribution >= 4 is 55.8 Å². The second-order valence-electron chi connectivity index (χ2n) is 8.06. The van der Waals surface area contributed by atoms with Crippen LogP contribution in [0.4, 0.5) is 27.5 Å². The van der Waals surface area contributed by atoms with Crippen molar-refractivity contribution in [3.05, 3.63) is 95.5 Å². The van der Waals surface area contributed by atoms with Crippen LogP contribution < -0.4 is 15.4 Å². The van der Waals surface area contributed by atoms with E-state index in [2.05, 4.69) is 25.6 Å². The van der Waals surface area contributed by atoms with Crippen molar-refractivity contribution in [2.45, 2.75) is 11.8 Å². The molecule has 2 heterocycles. The van der Waals surface area contributed by atoms with Crippen molar-refractivity contribution in [1.82, 2.24) is 15.0 Å². The molecule has 0 aliphatic carbocycles. The lowest BCUT2D eigenvalue weighted by Crippen LogP contribution is -2.03. The Morgan fingerprint density at radius 1 is 1.00 bits per heavy atom.